The van der Waals surface area contributed by atoms with Crippen LogP contribution in [0.15, 0.2) is 47.4 Å². The molecule has 0 fully saturated rings. The molecule has 1 atom stereocenters. The Labute approximate surface area is 227 Å². The van der Waals surface area contributed by atoms with Crippen molar-refractivity contribution in [2.75, 3.05) is 11.6 Å². The summed E-state index contributed by atoms with van der Waals surface area (Å²) in [5.74, 6) is 3.08. The molecule has 1 unspecified atom stereocenters. The number of anilines is 1. The molecule has 6 nitrogen and oxygen atoms in total. The largest absolute Gasteiger partial charge is 0.408 e. The molecule has 0 bridgehead atoms. The van der Waals surface area contributed by atoms with E-state index in [1.807, 2.05) is 5.92 Å². The van der Waals surface area contributed by atoms with Crippen LogP contribution in [0, 0.1) is 11.8 Å². The van der Waals surface area contributed by atoms with Crippen molar-refractivity contribution in [2.24, 2.45) is 0 Å². The highest BCUT2D eigenvalue weighted by molar-refractivity contribution is 7.90. The van der Waals surface area contributed by atoms with Gasteiger partial charge in [0.2, 0.25) is 5.91 Å². The molecule has 2 amide bonds. The van der Waals surface area contributed by atoms with Crippen molar-refractivity contribution in [3.63, 3.8) is 0 Å². The molecule has 40 heavy (non-hydrogen) atoms. The van der Waals surface area contributed by atoms with Gasteiger partial charge in [0, 0.05) is 38.3 Å². The quantitative estimate of drug-likeness (QED) is 0.347. The Morgan fingerprint density at radius 3 is 2.10 bits per heavy atom. The minimum atomic E-state index is -5.71. The Morgan fingerprint density at radius 2 is 1.60 bits per heavy atom. The number of carbonyl (C=O) groups is 2. The van der Waals surface area contributed by atoms with Crippen LogP contribution in [0.25, 0.3) is 0 Å². The van der Waals surface area contributed by atoms with E-state index in [2.05, 4.69) is 11.2 Å². The molecule has 2 aromatic rings. The minimum Gasteiger partial charge on any atom is -0.324 e. The summed E-state index contributed by atoms with van der Waals surface area (Å²) in [6.45, 7) is 2.83. The molecule has 0 spiro atoms. The van der Waals surface area contributed by atoms with Crippen molar-refractivity contribution in [2.45, 2.75) is 68.4 Å². The van der Waals surface area contributed by atoms with Gasteiger partial charge in [0.05, 0.1) is 4.90 Å². The number of nitrogens with one attached hydrogen (secondary N) is 1. The van der Waals surface area contributed by atoms with E-state index in [0.717, 1.165) is 18.4 Å². The number of fused-ring (bicyclic) bond motifs is 1. The summed E-state index contributed by atoms with van der Waals surface area (Å²) in [4.78, 5) is 26.6. The lowest BCUT2D eigenvalue weighted by atomic mass is 9.76. The number of sulfone groups is 1. The second-order valence-electron chi connectivity index (χ2n) is 9.43. The molecule has 1 aliphatic heterocycles. The summed E-state index contributed by atoms with van der Waals surface area (Å²) in [7, 11) is -3.57. The zero-order chi connectivity index (χ0) is 30.1. The second kappa shape index (κ2) is 11.2. The molecule has 0 radical (unpaired) electrons. The first kappa shape index (κ1) is 31.0. The monoisotopic (exact) mass is 588 g/mol. The first-order valence-corrected chi connectivity index (χ1v) is 13.9. The zero-order valence-corrected chi connectivity index (χ0v) is 22.5. The lowest BCUT2D eigenvalue weighted by Gasteiger charge is -2.36. The van der Waals surface area contributed by atoms with E-state index in [4.69, 9.17) is 0 Å². The van der Waals surface area contributed by atoms with Gasteiger partial charge in [0.1, 0.15) is 6.04 Å². The molecule has 3 rings (SSSR count). The third-order valence-corrected chi connectivity index (χ3v) is 7.72. The van der Waals surface area contributed by atoms with Crippen LogP contribution < -0.4 is 5.32 Å². The summed E-state index contributed by atoms with van der Waals surface area (Å²) in [6.07, 6.45) is -11.3. The summed E-state index contributed by atoms with van der Waals surface area (Å²) < 4.78 is 108. The third kappa shape index (κ3) is 5.96. The van der Waals surface area contributed by atoms with Crippen LogP contribution in [0.3, 0.4) is 0 Å². The molecule has 216 valence electrons. The van der Waals surface area contributed by atoms with Crippen molar-refractivity contribution in [3.05, 3.63) is 59.2 Å². The number of halogens is 6. The summed E-state index contributed by atoms with van der Waals surface area (Å²) in [5.41, 5.74) is -4.67. The standard InChI is InChI=1S/C27H26F6N2O4S/c1-4-5-6-7-14-25(26(28,29)30,27(31,32)33)19-8-10-20(11-9-19)34-24(37)23-22-13-12-21(40(3,38)39)15-18(22)16-35(23)17(2)36/h8-13,15,23H,4-5,14,16H2,1-3H3,(H,34,37). The number of benzene rings is 2. The zero-order valence-electron chi connectivity index (χ0n) is 21.7. The molecule has 1 N–H and O–H groups in total. The third-order valence-electron chi connectivity index (χ3n) is 6.61. The Kier molecular flexibility index (Phi) is 8.65. The van der Waals surface area contributed by atoms with Gasteiger partial charge in [0.15, 0.2) is 15.3 Å². The van der Waals surface area contributed by atoms with Gasteiger partial charge in [-0.25, -0.2) is 8.42 Å². The SMILES string of the molecule is CCCC#CCC(c1ccc(NC(=O)C2c3ccc(S(C)(=O)=O)cc3CN2C(C)=O)cc1)(C(F)(F)F)C(F)(F)F. The lowest BCUT2D eigenvalue weighted by Crippen LogP contribution is -2.53. The van der Waals surface area contributed by atoms with Gasteiger partial charge in [-0.15, -0.1) is 11.8 Å². The molecular weight excluding hydrogens is 562 g/mol. The second-order valence-corrected chi connectivity index (χ2v) is 11.4. The van der Waals surface area contributed by atoms with Gasteiger partial charge in [-0.3, -0.25) is 9.59 Å². The van der Waals surface area contributed by atoms with E-state index in [0.29, 0.717) is 29.7 Å². The summed E-state index contributed by atoms with van der Waals surface area (Å²) in [6, 6.07) is 5.94. The molecule has 0 saturated heterocycles. The van der Waals surface area contributed by atoms with Gasteiger partial charge < -0.3 is 10.2 Å². The number of hydrogen-bond acceptors (Lipinski definition) is 4. The van der Waals surface area contributed by atoms with Gasteiger partial charge in [0.25, 0.3) is 5.91 Å². The molecule has 2 aromatic carbocycles. The number of alkyl halides is 6. The van der Waals surface area contributed by atoms with Crippen LogP contribution in [0.2, 0.25) is 0 Å². The van der Waals surface area contributed by atoms with Gasteiger partial charge in [-0.05, 0) is 47.4 Å². The van der Waals surface area contributed by atoms with Crippen molar-refractivity contribution in [3.8, 4) is 11.8 Å². The molecule has 0 aromatic heterocycles. The smallest absolute Gasteiger partial charge is 0.324 e. The Morgan fingerprint density at radius 1 is 1.00 bits per heavy atom. The first-order chi connectivity index (χ1) is 18.4. The molecule has 13 heteroatoms. The normalized spacial score (nSPS) is 15.7. The summed E-state index contributed by atoms with van der Waals surface area (Å²) in [5, 5.41) is 2.43. The fraction of sp³-hybridized carbons (Fsp3) is 0.407. The molecular formula is C27H26F6N2O4S. The fourth-order valence-electron chi connectivity index (χ4n) is 4.48. The minimum absolute atomic E-state index is 0.0106. The number of amides is 2. The molecule has 0 aliphatic carbocycles. The Balaban J connectivity index is 1.96. The molecule has 1 aliphatic rings. The van der Waals surface area contributed by atoms with E-state index < -0.39 is 57.4 Å². The van der Waals surface area contributed by atoms with Crippen molar-refractivity contribution < 1.29 is 44.3 Å². The van der Waals surface area contributed by atoms with Crippen molar-refractivity contribution >= 4 is 27.3 Å². The molecule has 0 saturated carbocycles. The topological polar surface area (TPSA) is 83.6 Å². The number of carbonyl (C=O) groups excluding carboxylic acids is 2. The van der Waals surface area contributed by atoms with Crippen LogP contribution in [0.1, 0.15) is 55.8 Å². The van der Waals surface area contributed by atoms with Crippen molar-refractivity contribution in [1.29, 1.82) is 0 Å². The van der Waals surface area contributed by atoms with Gasteiger partial charge in [-0.2, -0.15) is 26.3 Å². The number of rotatable bonds is 6. The average molecular weight is 589 g/mol. The van der Waals surface area contributed by atoms with E-state index in [1.54, 1.807) is 6.92 Å². The Bertz CT molecular complexity index is 1440. The van der Waals surface area contributed by atoms with Crippen LogP contribution in [-0.4, -0.2) is 43.7 Å². The first-order valence-electron chi connectivity index (χ1n) is 12.0. The van der Waals surface area contributed by atoms with Gasteiger partial charge >= 0.3 is 12.4 Å². The number of nitrogens with zero attached hydrogens (tertiary/aromatic N) is 1. The van der Waals surface area contributed by atoms with E-state index >= 15 is 0 Å². The average Bonchev–Trinajstić information content (AvgIpc) is 3.22. The summed E-state index contributed by atoms with van der Waals surface area (Å²) >= 11 is 0. The van der Waals surface area contributed by atoms with Crippen LogP contribution in [0.5, 0.6) is 0 Å². The van der Waals surface area contributed by atoms with Gasteiger partial charge in [-0.1, -0.05) is 25.1 Å². The van der Waals surface area contributed by atoms with Crippen LogP contribution >= 0.6 is 0 Å². The maximum Gasteiger partial charge on any atom is 0.408 e. The lowest BCUT2D eigenvalue weighted by molar-refractivity contribution is -0.301. The van der Waals surface area contributed by atoms with E-state index in [1.165, 1.54) is 30.0 Å². The van der Waals surface area contributed by atoms with E-state index in [9.17, 15) is 44.3 Å². The van der Waals surface area contributed by atoms with E-state index in [-0.39, 0.29) is 23.5 Å². The number of hydrogen-bond donors (Lipinski definition) is 1. The fourth-order valence-corrected chi connectivity index (χ4v) is 5.15. The van der Waals surface area contributed by atoms with Crippen molar-refractivity contribution in [1.82, 2.24) is 4.90 Å². The highest BCUT2D eigenvalue weighted by atomic mass is 32.2. The highest BCUT2D eigenvalue weighted by Crippen LogP contribution is 2.54. The predicted molar refractivity (Wildman–Crippen MR) is 135 cm³/mol. The maximum absolute atomic E-state index is 14.0. The Hall–Kier alpha value is -3.53. The predicted octanol–water partition coefficient (Wildman–Crippen LogP) is 5.69. The maximum atomic E-state index is 14.0. The van der Waals surface area contributed by atoms with Crippen LogP contribution in [-0.2, 0) is 31.4 Å². The number of unbranched alkanes of at least 4 members (excludes halogenated alkanes) is 1. The van der Waals surface area contributed by atoms with Crippen LogP contribution in [0.4, 0.5) is 32.0 Å². The molecule has 1 heterocycles. The highest BCUT2D eigenvalue weighted by Gasteiger charge is 2.71.